The highest BCUT2D eigenvalue weighted by molar-refractivity contribution is 5.35. The molecule has 1 saturated heterocycles. The molecule has 1 aliphatic heterocycles. The molecule has 0 unspecified atom stereocenters. The molecule has 0 radical (unpaired) electrons. The van der Waals surface area contributed by atoms with Crippen molar-refractivity contribution >= 4 is 0 Å². The van der Waals surface area contributed by atoms with E-state index in [0.717, 1.165) is 36.8 Å². The van der Waals surface area contributed by atoms with Crippen LogP contribution in [-0.2, 0) is 4.74 Å². The predicted molar refractivity (Wildman–Crippen MR) is 118 cm³/mol. The van der Waals surface area contributed by atoms with Gasteiger partial charge in [0.15, 0.2) is 0 Å². The van der Waals surface area contributed by atoms with E-state index < -0.39 is 0 Å². The van der Waals surface area contributed by atoms with Crippen LogP contribution in [0.1, 0.15) is 39.0 Å². The van der Waals surface area contributed by atoms with Crippen molar-refractivity contribution in [2.75, 3.05) is 33.4 Å². The third-order valence-corrected chi connectivity index (χ3v) is 5.72. The third kappa shape index (κ3) is 7.06. The molecule has 2 atom stereocenters. The number of hydrogen-bond acceptors (Lipinski definition) is 4. The third-order valence-electron chi connectivity index (χ3n) is 5.72. The average Bonchev–Trinajstić information content (AvgIpc) is 2.76. The lowest BCUT2D eigenvalue weighted by Gasteiger charge is -2.37. The second-order valence-corrected chi connectivity index (χ2v) is 7.85. The summed E-state index contributed by atoms with van der Waals surface area (Å²) in [6, 6.07) is 17.7. The molecular weight excluding hydrogens is 362 g/mol. The fourth-order valence-corrected chi connectivity index (χ4v) is 3.97. The smallest absolute Gasteiger partial charge is 0.127 e. The molecule has 4 nitrogen and oxygen atoms in total. The van der Waals surface area contributed by atoms with Crippen LogP contribution in [0.25, 0.3) is 0 Å². The Hall–Kier alpha value is -2.04. The van der Waals surface area contributed by atoms with Crippen molar-refractivity contribution in [2.45, 2.75) is 45.1 Å². The van der Waals surface area contributed by atoms with Crippen LogP contribution >= 0.6 is 0 Å². The topological polar surface area (TPSA) is 30.9 Å². The SMILES string of the molecule is CCCCCN1CC[C@@H](CCOc2ccc(Oc3ccccc3)cc2)[C@@H](OC)C1. The van der Waals surface area contributed by atoms with Gasteiger partial charge in [-0.25, -0.2) is 0 Å². The summed E-state index contributed by atoms with van der Waals surface area (Å²) in [6.45, 7) is 6.41. The van der Waals surface area contributed by atoms with Crippen LogP contribution in [0.15, 0.2) is 54.6 Å². The first-order valence-corrected chi connectivity index (χ1v) is 11.0. The van der Waals surface area contributed by atoms with Gasteiger partial charge < -0.3 is 19.1 Å². The van der Waals surface area contributed by atoms with Crippen molar-refractivity contribution in [3.05, 3.63) is 54.6 Å². The summed E-state index contributed by atoms with van der Waals surface area (Å²) in [5.74, 6) is 3.12. The van der Waals surface area contributed by atoms with Crippen LogP contribution in [0, 0.1) is 5.92 Å². The van der Waals surface area contributed by atoms with E-state index in [1.807, 2.05) is 61.7 Å². The lowest BCUT2D eigenvalue weighted by Crippen LogP contribution is -2.45. The maximum Gasteiger partial charge on any atom is 0.127 e. The molecule has 0 aliphatic carbocycles. The van der Waals surface area contributed by atoms with Crippen molar-refractivity contribution in [1.29, 1.82) is 0 Å². The molecule has 4 heteroatoms. The van der Waals surface area contributed by atoms with E-state index in [1.165, 1.54) is 38.8 Å². The van der Waals surface area contributed by atoms with Crippen molar-refractivity contribution in [3.8, 4) is 17.2 Å². The lowest BCUT2D eigenvalue weighted by atomic mass is 9.91. The molecule has 0 saturated carbocycles. The van der Waals surface area contributed by atoms with E-state index in [9.17, 15) is 0 Å². The summed E-state index contributed by atoms with van der Waals surface area (Å²) in [5, 5.41) is 0. The van der Waals surface area contributed by atoms with Gasteiger partial charge in [-0.05, 0) is 74.7 Å². The lowest BCUT2D eigenvalue weighted by molar-refractivity contribution is -0.0180. The Morgan fingerprint density at radius 2 is 1.66 bits per heavy atom. The minimum atomic E-state index is 0.315. The quantitative estimate of drug-likeness (QED) is 0.450. The largest absolute Gasteiger partial charge is 0.494 e. The van der Waals surface area contributed by atoms with E-state index in [2.05, 4.69) is 11.8 Å². The number of rotatable bonds is 11. The maximum absolute atomic E-state index is 5.99. The Labute approximate surface area is 175 Å². The number of piperidine rings is 1. The van der Waals surface area contributed by atoms with Crippen LogP contribution in [0.4, 0.5) is 0 Å². The monoisotopic (exact) mass is 397 g/mol. The molecule has 2 aromatic carbocycles. The van der Waals surface area contributed by atoms with E-state index >= 15 is 0 Å². The molecule has 1 heterocycles. The number of methoxy groups -OCH3 is 1. The summed E-state index contributed by atoms with van der Waals surface area (Å²) in [6.07, 6.45) is 6.43. The number of likely N-dealkylation sites (tertiary alicyclic amines) is 1. The number of para-hydroxylation sites is 1. The van der Waals surface area contributed by atoms with Crippen LogP contribution < -0.4 is 9.47 Å². The maximum atomic E-state index is 5.99. The number of nitrogens with zero attached hydrogens (tertiary/aromatic N) is 1. The Morgan fingerprint density at radius 1 is 0.931 bits per heavy atom. The van der Waals surface area contributed by atoms with Gasteiger partial charge in [-0.3, -0.25) is 0 Å². The number of hydrogen-bond donors (Lipinski definition) is 0. The van der Waals surface area contributed by atoms with Crippen molar-refractivity contribution in [2.24, 2.45) is 5.92 Å². The molecule has 0 spiro atoms. The first-order valence-electron chi connectivity index (χ1n) is 11.0. The zero-order valence-electron chi connectivity index (χ0n) is 17.9. The van der Waals surface area contributed by atoms with Gasteiger partial charge in [0.1, 0.15) is 17.2 Å². The predicted octanol–water partition coefficient (Wildman–Crippen LogP) is 5.77. The highest BCUT2D eigenvalue weighted by Gasteiger charge is 2.28. The molecule has 1 fully saturated rings. The van der Waals surface area contributed by atoms with Crippen LogP contribution in [-0.4, -0.2) is 44.4 Å². The van der Waals surface area contributed by atoms with Crippen molar-refractivity contribution in [3.63, 3.8) is 0 Å². The van der Waals surface area contributed by atoms with Gasteiger partial charge in [-0.2, -0.15) is 0 Å². The van der Waals surface area contributed by atoms with Crippen LogP contribution in [0.2, 0.25) is 0 Å². The fourth-order valence-electron chi connectivity index (χ4n) is 3.97. The summed E-state index contributed by atoms with van der Waals surface area (Å²) in [5.41, 5.74) is 0. The molecule has 158 valence electrons. The highest BCUT2D eigenvalue weighted by atomic mass is 16.5. The first kappa shape index (κ1) is 21.7. The van der Waals surface area contributed by atoms with Gasteiger partial charge in [0.25, 0.3) is 0 Å². The Balaban J connectivity index is 1.40. The zero-order valence-corrected chi connectivity index (χ0v) is 17.9. The number of ether oxygens (including phenoxy) is 3. The molecule has 1 aliphatic rings. The molecule has 0 bridgehead atoms. The normalized spacial score (nSPS) is 19.8. The Bertz CT molecular complexity index is 689. The Morgan fingerprint density at radius 3 is 2.38 bits per heavy atom. The summed E-state index contributed by atoms with van der Waals surface area (Å²) in [7, 11) is 1.85. The van der Waals surface area contributed by atoms with Crippen molar-refractivity contribution < 1.29 is 14.2 Å². The molecule has 29 heavy (non-hydrogen) atoms. The second-order valence-electron chi connectivity index (χ2n) is 7.85. The molecule has 2 aromatic rings. The van der Waals surface area contributed by atoms with Gasteiger partial charge in [-0.1, -0.05) is 38.0 Å². The molecule has 3 rings (SSSR count). The van der Waals surface area contributed by atoms with E-state index in [4.69, 9.17) is 14.2 Å². The number of unbranched alkanes of at least 4 members (excludes halogenated alkanes) is 2. The summed E-state index contributed by atoms with van der Waals surface area (Å²) < 4.78 is 17.6. The molecule has 0 N–H and O–H groups in total. The minimum absolute atomic E-state index is 0.315. The van der Waals surface area contributed by atoms with Crippen LogP contribution in [0.5, 0.6) is 17.2 Å². The molecule has 0 aromatic heterocycles. The molecular formula is C25H35NO3. The minimum Gasteiger partial charge on any atom is -0.494 e. The van der Waals surface area contributed by atoms with Gasteiger partial charge >= 0.3 is 0 Å². The van der Waals surface area contributed by atoms with Crippen LogP contribution in [0.3, 0.4) is 0 Å². The van der Waals surface area contributed by atoms with Gasteiger partial charge in [0.05, 0.1) is 12.7 Å². The van der Waals surface area contributed by atoms with E-state index in [-0.39, 0.29) is 0 Å². The fraction of sp³-hybridized carbons (Fsp3) is 0.520. The summed E-state index contributed by atoms with van der Waals surface area (Å²) in [4.78, 5) is 2.56. The van der Waals surface area contributed by atoms with E-state index in [0.29, 0.717) is 12.0 Å². The Kier molecular flexibility index (Phi) is 8.84. The highest BCUT2D eigenvalue weighted by Crippen LogP contribution is 2.26. The average molecular weight is 398 g/mol. The van der Waals surface area contributed by atoms with Gasteiger partial charge in [0.2, 0.25) is 0 Å². The standard InChI is InChI=1S/C25H35NO3/c1-3-4-8-17-26-18-15-21(25(20-26)27-2)16-19-28-22-11-13-24(14-12-22)29-23-9-6-5-7-10-23/h5-7,9-14,21,25H,3-4,8,15-20H2,1-2H3/t21-,25-/m0/s1. The van der Waals surface area contributed by atoms with Gasteiger partial charge in [-0.15, -0.1) is 0 Å². The first-order chi connectivity index (χ1) is 14.3. The number of benzene rings is 2. The van der Waals surface area contributed by atoms with E-state index in [1.54, 1.807) is 0 Å². The van der Waals surface area contributed by atoms with Gasteiger partial charge in [0, 0.05) is 13.7 Å². The summed E-state index contributed by atoms with van der Waals surface area (Å²) >= 11 is 0. The zero-order chi connectivity index (χ0) is 20.3. The molecule has 0 amide bonds. The second kappa shape index (κ2) is 11.8. The van der Waals surface area contributed by atoms with Crippen molar-refractivity contribution in [1.82, 2.24) is 4.90 Å².